The molecule has 0 aromatic heterocycles. The molecule has 2 fully saturated rings. The molecular weight excluding hydrogens is 472 g/mol. The molecule has 1 aliphatic heterocycles. The van der Waals surface area contributed by atoms with Gasteiger partial charge in [-0.3, -0.25) is 4.90 Å². The predicted octanol–water partition coefficient (Wildman–Crippen LogP) is 9.86. The van der Waals surface area contributed by atoms with E-state index in [1.807, 2.05) is 0 Å². The number of likely N-dealkylation sites (tertiary alicyclic amines) is 1. The first-order valence-corrected chi connectivity index (χ1v) is 15.8. The monoisotopic (exact) mass is 526 g/mol. The van der Waals surface area contributed by atoms with Crippen LogP contribution in [0, 0.1) is 24.7 Å². The zero-order valence-corrected chi connectivity index (χ0v) is 25.9. The van der Waals surface area contributed by atoms with E-state index in [1.165, 1.54) is 73.6 Å². The van der Waals surface area contributed by atoms with Crippen LogP contribution in [-0.2, 0) is 13.0 Å². The van der Waals surface area contributed by atoms with Crippen LogP contribution in [0.25, 0.3) is 11.1 Å². The summed E-state index contributed by atoms with van der Waals surface area (Å²) in [7, 11) is 0. The van der Waals surface area contributed by atoms with Crippen LogP contribution in [0.4, 0.5) is 0 Å². The van der Waals surface area contributed by atoms with Gasteiger partial charge in [-0.25, -0.2) is 0 Å². The van der Waals surface area contributed by atoms with Crippen LogP contribution in [-0.4, -0.2) is 31.3 Å². The lowest BCUT2D eigenvalue weighted by Crippen LogP contribution is -2.57. The lowest BCUT2D eigenvalue weighted by molar-refractivity contribution is -0.00804. The summed E-state index contributed by atoms with van der Waals surface area (Å²) in [4.78, 5) is 7.08. The molecule has 0 bridgehead atoms. The summed E-state index contributed by atoms with van der Waals surface area (Å²) in [5.41, 5.74) is 11.1. The second kappa shape index (κ2) is 13.0. The van der Waals surface area contributed by atoms with Gasteiger partial charge in [0, 0.05) is 31.6 Å². The minimum Gasteiger partial charge on any atom is -0.300 e. The Hall–Kier alpha value is -2.19. The van der Waals surface area contributed by atoms with Crippen molar-refractivity contribution in [2.24, 2.45) is 15.8 Å². The molecule has 2 nitrogen and oxygen atoms in total. The first-order valence-electron chi connectivity index (χ1n) is 15.8. The number of rotatable bonds is 15. The third-order valence-electron chi connectivity index (χ3n) is 9.31. The van der Waals surface area contributed by atoms with Gasteiger partial charge in [0.05, 0.1) is 0 Å². The highest BCUT2D eigenvalue weighted by molar-refractivity contribution is 5.76. The van der Waals surface area contributed by atoms with Crippen molar-refractivity contribution in [3.05, 3.63) is 70.3 Å². The molecule has 2 aromatic rings. The quantitative estimate of drug-likeness (QED) is 0.166. The van der Waals surface area contributed by atoms with E-state index in [9.17, 15) is 0 Å². The van der Waals surface area contributed by atoms with Crippen molar-refractivity contribution in [2.75, 3.05) is 19.6 Å². The van der Waals surface area contributed by atoms with Crippen molar-refractivity contribution < 1.29 is 0 Å². The minimum atomic E-state index is 0.315. The Balaban J connectivity index is 1.49. The molecule has 1 aliphatic carbocycles. The molecule has 0 radical (unpaired) electrons. The highest BCUT2D eigenvalue weighted by Crippen LogP contribution is 2.47. The maximum atomic E-state index is 4.41. The summed E-state index contributed by atoms with van der Waals surface area (Å²) in [6.07, 6.45) is 16.1. The molecule has 0 amide bonds. The smallest absolute Gasteiger partial charge is 0.0463 e. The molecule has 2 aliphatic rings. The maximum Gasteiger partial charge on any atom is 0.0463 e. The van der Waals surface area contributed by atoms with E-state index in [0.29, 0.717) is 10.8 Å². The molecule has 1 saturated heterocycles. The molecule has 212 valence electrons. The van der Waals surface area contributed by atoms with Gasteiger partial charge in [-0.2, -0.15) is 0 Å². The largest absolute Gasteiger partial charge is 0.300 e. The first-order chi connectivity index (χ1) is 18.7. The van der Waals surface area contributed by atoms with E-state index in [1.54, 1.807) is 16.7 Å². The van der Waals surface area contributed by atoms with E-state index in [2.05, 4.69) is 101 Å². The van der Waals surface area contributed by atoms with Crippen LogP contribution >= 0.6 is 0 Å². The van der Waals surface area contributed by atoms with Crippen molar-refractivity contribution in [3.63, 3.8) is 0 Å². The summed E-state index contributed by atoms with van der Waals surface area (Å²) in [6, 6.07) is 12.1. The van der Waals surface area contributed by atoms with Gasteiger partial charge < -0.3 is 4.99 Å². The number of benzene rings is 2. The Morgan fingerprint density at radius 3 is 2.46 bits per heavy atom. The van der Waals surface area contributed by atoms with Crippen molar-refractivity contribution >= 4 is 6.72 Å². The second-order valence-electron chi connectivity index (χ2n) is 13.3. The molecular formula is C37H54N2. The lowest BCUT2D eigenvalue weighted by Gasteiger charge is -2.50. The van der Waals surface area contributed by atoms with E-state index in [-0.39, 0.29) is 0 Å². The third-order valence-corrected chi connectivity index (χ3v) is 9.31. The summed E-state index contributed by atoms with van der Waals surface area (Å²) in [6.45, 7) is 21.9. The number of aliphatic imine (C=N–C) groups is 1. The molecule has 1 unspecified atom stereocenters. The first kappa shape index (κ1) is 29.8. The van der Waals surface area contributed by atoms with Gasteiger partial charge in [0.15, 0.2) is 0 Å². The predicted molar refractivity (Wildman–Crippen MR) is 171 cm³/mol. The summed E-state index contributed by atoms with van der Waals surface area (Å²) in [5.74, 6) is 0.742. The zero-order valence-electron chi connectivity index (χ0n) is 25.9. The molecule has 2 aromatic carbocycles. The van der Waals surface area contributed by atoms with Crippen LogP contribution < -0.4 is 0 Å². The second-order valence-corrected chi connectivity index (χ2v) is 13.3. The van der Waals surface area contributed by atoms with Gasteiger partial charge in [0.25, 0.3) is 0 Å². The van der Waals surface area contributed by atoms with Crippen LogP contribution in [0.1, 0.15) is 113 Å². The summed E-state index contributed by atoms with van der Waals surface area (Å²) in [5, 5.41) is 0. The van der Waals surface area contributed by atoms with Crippen LogP contribution in [0.5, 0.6) is 0 Å². The van der Waals surface area contributed by atoms with Gasteiger partial charge in [0.2, 0.25) is 0 Å². The molecule has 0 N–H and O–H groups in total. The lowest BCUT2D eigenvalue weighted by atomic mass is 9.72. The Kier molecular flexibility index (Phi) is 9.92. The van der Waals surface area contributed by atoms with Crippen molar-refractivity contribution in [1.29, 1.82) is 0 Å². The zero-order chi connectivity index (χ0) is 28.0. The number of hydrogen-bond acceptors (Lipinski definition) is 2. The highest BCUT2D eigenvalue weighted by Gasteiger charge is 2.42. The van der Waals surface area contributed by atoms with Crippen molar-refractivity contribution in [1.82, 2.24) is 4.90 Å². The molecule has 1 saturated carbocycles. The summed E-state index contributed by atoms with van der Waals surface area (Å²) >= 11 is 0. The van der Waals surface area contributed by atoms with Crippen LogP contribution in [0.15, 0.2) is 47.5 Å². The molecule has 1 heterocycles. The number of allylic oxidation sites excluding steroid dienone is 2. The van der Waals surface area contributed by atoms with Gasteiger partial charge >= 0.3 is 0 Å². The fourth-order valence-corrected chi connectivity index (χ4v) is 7.47. The number of nitrogens with zero attached hydrogens (tertiary/aromatic N) is 2. The van der Waals surface area contributed by atoms with E-state index in [0.717, 1.165) is 38.5 Å². The van der Waals surface area contributed by atoms with E-state index >= 15 is 0 Å². The van der Waals surface area contributed by atoms with E-state index in [4.69, 9.17) is 0 Å². The number of hydrogen-bond donors (Lipinski definition) is 0. The SMILES string of the molecule is C=NCC1(CCCC(C)(/C=C\C)CCC)CN(Cc2cc(CCC)c(-c3ccc(C)cc3C)c(C3CC3)c2)C1. The topological polar surface area (TPSA) is 15.6 Å². The third kappa shape index (κ3) is 7.31. The fraction of sp³-hybridized carbons (Fsp3) is 0.595. The maximum absolute atomic E-state index is 4.41. The molecule has 1 atom stereocenters. The van der Waals surface area contributed by atoms with Crippen molar-refractivity contribution in [3.8, 4) is 11.1 Å². The fourth-order valence-electron chi connectivity index (χ4n) is 7.47. The van der Waals surface area contributed by atoms with Crippen molar-refractivity contribution in [2.45, 2.75) is 112 Å². The minimum absolute atomic E-state index is 0.315. The Bertz CT molecular complexity index is 1150. The molecule has 39 heavy (non-hydrogen) atoms. The van der Waals surface area contributed by atoms with Crippen LogP contribution in [0.3, 0.4) is 0 Å². The Morgan fingerprint density at radius 2 is 1.85 bits per heavy atom. The van der Waals surface area contributed by atoms with Gasteiger partial charge in [0.1, 0.15) is 0 Å². The van der Waals surface area contributed by atoms with Crippen LogP contribution in [0.2, 0.25) is 0 Å². The molecule has 4 rings (SSSR count). The Morgan fingerprint density at radius 1 is 1.08 bits per heavy atom. The average molecular weight is 527 g/mol. The molecule has 2 heteroatoms. The Labute approximate surface area is 240 Å². The molecule has 0 spiro atoms. The highest BCUT2D eigenvalue weighted by atomic mass is 15.2. The van der Waals surface area contributed by atoms with E-state index < -0.39 is 0 Å². The van der Waals surface area contributed by atoms with Gasteiger partial charge in [-0.15, -0.1) is 0 Å². The van der Waals surface area contributed by atoms with Gasteiger partial charge in [-0.05, 0) is 111 Å². The normalized spacial score (nSPS) is 18.7. The standard InChI is InChI=1S/C37H54N2/c1-8-12-32-22-30(23-34(31-14-15-31)35(32)33-16-13-28(4)21-29(33)5)24-39-26-37(27-39,25-38-7)20-11-19-36(6,17-9-2)18-10-3/h9,13,16-17,21-23,31H,7-8,10-12,14-15,18-20,24-27H2,1-6H3/b17-9-. The average Bonchev–Trinajstić information content (AvgIpc) is 3.69. The number of aryl methyl sites for hydroxylation is 3. The van der Waals surface area contributed by atoms with Gasteiger partial charge in [-0.1, -0.05) is 88.1 Å². The summed E-state index contributed by atoms with van der Waals surface area (Å²) < 4.78 is 0.